The molecule has 1 unspecified atom stereocenters. The van der Waals surface area contributed by atoms with Crippen LogP contribution in [0.4, 0.5) is 0 Å². The first-order chi connectivity index (χ1) is 14.2. The molecule has 0 spiro atoms. The molecule has 2 aliphatic rings. The number of rotatable bonds is 8. The molecule has 3 rings (SSSR count). The lowest BCUT2D eigenvalue weighted by Crippen LogP contribution is -2.46. The van der Waals surface area contributed by atoms with Crippen LogP contribution in [-0.4, -0.2) is 69.5 Å². The maximum atomic E-state index is 5.85. The van der Waals surface area contributed by atoms with Gasteiger partial charge < -0.3 is 20.1 Å². The van der Waals surface area contributed by atoms with Crippen molar-refractivity contribution in [3.63, 3.8) is 0 Å². The van der Waals surface area contributed by atoms with E-state index >= 15 is 0 Å². The van der Waals surface area contributed by atoms with Crippen molar-refractivity contribution in [2.45, 2.75) is 51.2 Å². The molecular weight excluding hydrogens is 384 g/mol. The van der Waals surface area contributed by atoms with Crippen LogP contribution in [0.25, 0.3) is 0 Å². The molecule has 6 nitrogen and oxygen atoms in total. The third-order valence-corrected chi connectivity index (χ3v) is 7.27. The van der Waals surface area contributed by atoms with Crippen LogP contribution in [0, 0.1) is 5.92 Å². The number of likely N-dealkylation sites (tertiary alicyclic amines) is 1. The van der Waals surface area contributed by atoms with Crippen LogP contribution >= 0.6 is 11.3 Å². The lowest BCUT2D eigenvalue weighted by molar-refractivity contribution is -0.0828. The molecule has 2 saturated heterocycles. The Balaban J connectivity index is 1.64. The summed E-state index contributed by atoms with van der Waals surface area (Å²) in [7, 11) is 1.80. The fourth-order valence-corrected chi connectivity index (χ4v) is 5.02. The second-order valence-corrected chi connectivity index (χ2v) is 9.30. The average Bonchev–Trinajstić information content (AvgIpc) is 3.28. The summed E-state index contributed by atoms with van der Waals surface area (Å²) in [5.41, 5.74) is -0.198. The van der Waals surface area contributed by atoms with Gasteiger partial charge in [0.15, 0.2) is 5.96 Å². The third-order valence-electron chi connectivity index (χ3n) is 6.30. The summed E-state index contributed by atoms with van der Waals surface area (Å²) in [6, 6.07) is 4.82. The predicted octanol–water partition coefficient (Wildman–Crippen LogP) is 3.27. The largest absolute Gasteiger partial charge is 0.381 e. The zero-order valence-electron chi connectivity index (χ0n) is 18.3. The minimum absolute atomic E-state index is 0.198. The number of ether oxygens (including phenoxy) is 2. The maximum Gasteiger partial charge on any atom is 0.191 e. The van der Waals surface area contributed by atoms with Crippen LogP contribution in [0.2, 0.25) is 0 Å². The van der Waals surface area contributed by atoms with E-state index in [0.29, 0.717) is 12.6 Å². The topological polar surface area (TPSA) is 58.1 Å². The van der Waals surface area contributed by atoms with Gasteiger partial charge in [0.1, 0.15) is 0 Å². The van der Waals surface area contributed by atoms with Gasteiger partial charge in [0.05, 0.1) is 18.2 Å². The number of guanidine groups is 1. The van der Waals surface area contributed by atoms with Crippen molar-refractivity contribution < 1.29 is 9.47 Å². The summed E-state index contributed by atoms with van der Waals surface area (Å²) < 4.78 is 11.4. The van der Waals surface area contributed by atoms with Gasteiger partial charge in [-0.2, -0.15) is 0 Å². The first-order valence-corrected chi connectivity index (χ1v) is 12.0. The molecule has 0 aliphatic carbocycles. The summed E-state index contributed by atoms with van der Waals surface area (Å²) in [6.45, 7) is 10.7. The quantitative estimate of drug-likeness (QED) is 0.497. The van der Waals surface area contributed by atoms with Crippen molar-refractivity contribution in [3.05, 3.63) is 22.4 Å². The van der Waals surface area contributed by atoms with E-state index in [0.717, 1.165) is 51.0 Å². The fourth-order valence-electron chi connectivity index (χ4n) is 4.16. The number of aliphatic imine (C=N–C) groups is 1. The number of methoxy groups -OCH3 is 1. The normalized spacial score (nSPS) is 22.4. The molecular formula is C22H38N4O2S. The van der Waals surface area contributed by atoms with Gasteiger partial charge in [-0.1, -0.05) is 13.0 Å². The summed E-state index contributed by atoms with van der Waals surface area (Å²) in [5.74, 6) is 1.72. The Morgan fingerprint density at radius 3 is 2.72 bits per heavy atom. The standard InChI is InChI=1S/C22H38N4O2S/c1-4-23-21(25-17-22(27-3)9-13-28-14-10-22)24-16-19(20-6-5-15-29-20)26-11-7-18(2)8-12-26/h5-6,15,18-19H,4,7-14,16-17H2,1-3H3,(H2,23,24,25). The molecule has 29 heavy (non-hydrogen) atoms. The molecule has 3 heterocycles. The number of thiophene rings is 1. The van der Waals surface area contributed by atoms with Gasteiger partial charge in [-0.25, -0.2) is 0 Å². The lowest BCUT2D eigenvalue weighted by atomic mass is 9.94. The molecule has 1 aromatic heterocycles. The Hall–Kier alpha value is -1.15. The highest BCUT2D eigenvalue weighted by Gasteiger charge is 2.32. The van der Waals surface area contributed by atoms with E-state index in [9.17, 15) is 0 Å². The van der Waals surface area contributed by atoms with E-state index in [1.54, 1.807) is 7.11 Å². The van der Waals surface area contributed by atoms with E-state index in [-0.39, 0.29) is 5.60 Å². The van der Waals surface area contributed by atoms with Crippen LogP contribution < -0.4 is 10.6 Å². The van der Waals surface area contributed by atoms with E-state index in [1.807, 2.05) is 11.3 Å². The lowest BCUT2D eigenvalue weighted by Gasteiger charge is -2.37. The number of piperidine rings is 1. The molecule has 7 heteroatoms. The Labute approximate surface area is 180 Å². The van der Waals surface area contributed by atoms with E-state index in [2.05, 4.69) is 46.9 Å². The molecule has 2 aliphatic heterocycles. The first kappa shape index (κ1) is 22.5. The fraction of sp³-hybridized carbons (Fsp3) is 0.773. The second kappa shape index (κ2) is 11.3. The van der Waals surface area contributed by atoms with Gasteiger partial charge in [-0.05, 0) is 50.2 Å². The van der Waals surface area contributed by atoms with E-state index in [1.165, 1.54) is 30.8 Å². The molecule has 0 amide bonds. The van der Waals surface area contributed by atoms with Crippen LogP contribution in [0.1, 0.15) is 50.4 Å². The van der Waals surface area contributed by atoms with Gasteiger partial charge in [-0.15, -0.1) is 11.3 Å². The Kier molecular flexibility index (Phi) is 8.78. The summed E-state index contributed by atoms with van der Waals surface area (Å²) in [5, 5.41) is 9.21. The van der Waals surface area contributed by atoms with E-state index < -0.39 is 0 Å². The zero-order chi connectivity index (χ0) is 20.5. The Bertz CT molecular complexity index is 608. The molecule has 164 valence electrons. The summed E-state index contributed by atoms with van der Waals surface area (Å²) in [4.78, 5) is 8.96. The van der Waals surface area contributed by atoms with Crippen LogP contribution in [0.15, 0.2) is 22.5 Å². The monoisotopic (exact) mass is 422 g/mol. The summed E-state index contributed by atoms with van der Waals surface area (Å²) in [6.07, 6.45) is 4.37. The zero-order valence-corrected chi connectivity index (χ0v) is 19.1. The van der Waals surface area contributed by atoms with Crippen molar-refractivity contribution in [2.75, 3.05) is 53.0 Å². The van der Waals surface area contributed by atoms with Crippen LogP contribution in [0.3, 0.4) is 0 Å². The maximum absolute atomic E-state index is 5.85. The average molecular weight is 423 g/mol. The molecule has 2 N–H and O–H groups in total. The first-order valence-electron chi connectivity index (χ1n) is 11.1. The van der Waals surface area contributed by atoms with Gasteiger partial charge in [0.2, 0.25) is 0 Å². The van der Waals surface area contributed by atoms with Crippen LogP contribution in [0.5, 0.6) is 0 Å². The molecule has 2 fully saturated rings. The van der Waals surface area contributed by atoms with Gasteiger partial charge >= 0.3 is 0 Å². The van der Waals surface area contributed by atoms with Crippen molar-refractivity contribution in [1.82, 2.24) is 15.5 Å². The van der Waals surface area contributed by atoms with Gasteiger partial charge in [0, 0.05) is 51.1 Å². The smallest absolute Gasteiger partial charge is 0.191 e. The highest BCUT2D eigenvalue weighted by molar-refractivity contribution is 7.10. The van der Waals surface area contributed by atoms with Crippen LogP contribution in [-0.2, 0) is 9.47 Å². The van der Waals surface area contributed by atoms with Crippen molar-refractivity contribution in [3.8, 4) is 0 Å². The van der Waals surface area contributed by atoms with Gasteiger partial charge in [-0.3, -0.25) is 9.89 Å². The van der Waals surface area contributed by atoms with Crippen molar-refractivity contribution >= 4 is 17.3 Å². The number of hydrogen-bond donors (Lipinski definition) is 2. The molecule has 0 radical (unpaired) electrons. The molecule has 0 bridgehead atoms. The van der Waals surface area contributed by atoms with E-state index in [4.69, 9.17) is 14.5 Å². The Morgan fingerprint density at radius 2 is 2.10 bits per heavy atom. The van der Waals surface area contributed by atoms with Crippen molar-refractivity contribution in [2.24, 2.45) is 10.9 Å². The predicted molar refractivity (Wildman–Crippen MR) is 121 cm³/mol. The molecule has 0 saturated carbocycles. The highest BCUT2D eigenvalue weighted by Crippen LogP contribution is 2.29. The highest BCUT2D eigenvalue weighted by atomic mass is 32.1. The molecule has 0 aromatic carbocycles. The molecule has 1 atom stereocenters. The number of nitrogens with one attached hydrogen (secondary N) is 2. The minimum Gasteiger partial charge on any atom is -0.381 e. The second-order valence-electron chi connectivity index (χ2n) is 8.33. The minimum atomic E-state index is -0.198. The Morgan fingerprint density at radius 1 is 1.34 bits per heavy atom. The molecule has 1 aromatic rings. The van der Waals surface area contributed by atoms with Gasteiger partial charge in [0.25, 0.3) is 0 Å². The summed E-state index contributed by atoms with van der Waals surface area (Å²) >= 11 is 1.85. The van der Waals surface area contributed by atoms with Crippen molar-refractivity contribution in [1.29, 1.82) is 0 Å². The number of nitrogens with zero attached hydrogens (tertiary/aromatic N) is 2. The SMILES string of the molecule is CCNC(=NCC1(OC)CCOCC1)NCC(c1cccs1)N1CCC(C)CC1. The number of hydrogen-bond acceptors (Lipinski definition) is 5. The third kappa shape index (κ3) is 6.41.